The van der Waals surface area contributed by atoms with Crippen LogP contribution in [0.25, 0.3) is 0 Å². The summed E-state index contributed by atoms with van der Waals surface area (Å²) in [4.78, 5) is 0. The van der Waals surface area contributed by atoms with Crippen molar-refractivity contribution < 1.29 is 4.39 Å². The van der Waals surface area contributed by atoms with Crippen LogP contribution in [0.15, 0.2) is 12.1 Å². The van der Waals surface area contributed by atoms with E-state index in [1.807, 2.05) is 0 Å². The van der Waals surface area contributed by atoms with Crippen LogP contribution >= 0.6 is 0 Å². The van der Waals surface area contributed by atoms with Gasteiger partial charge in [0.05, 0.1) is 5.56 Å². The Hall–Kier alpha value is -1.34. The first kappa shape index (κ1) is 29.7. The first-order chi connectivity index (χ1) is 15.2. The Kier molecular flexibility index (Phi) is 10.7. The third-order valence-corrected chi connectivity index (χ3v) is 20.6. The largest absolute Gasteiger partial charge is 0.326 e. The van der Waals surface area contributed by atoms with Gasteiger partial charge in [-0.3, -0.25) is 0 Å². The van der Waals surface area contributed by atoms with Gasteiger partial charge in [0.25, 0.3) is 0 Å². The Morgan fingerprint density at radius 2 is 1.03 bits per heavy atom. The van der Waals surface area contributed by atoms with Crippen LogP contribution in [0.1, 0.15) is 99.8 Å². The van der Waals surface area contributed by atoms with E-state index in [0.717, 1.165) is 11.1 Å². The summed E-state index contributed by atoms with van der Waals surface area (Å²) in [5.74, 6) is 6.53. The molecule has 0 unspecified atom stereocenters. The second-order valence-corrected chi connectivity index (χ2v) is 22.6. The number of halogens is 1. The summed E-state index contributed by atoms with van der Waals surface area (Å²) < 4.78 is 15.1. The van der Waals surface area contributed by atoms with Gasteiger partial charge in [-0.1, -0.05) is 94.9 Å². The minimum Gasteiger partial charge on any atom is -0.326 e. The van der Waals surface area contributed by atoms with Gasteiger partial charge < -0.3 is 5.73 Å². The predicted octanol–water partition coefficient (Wildman–Crippen LogP) is 8.42. The monoisotopic (exact) mass is 485 g/mol. The van der Waals surface area contributed by atoms with E-state index in [0.29, 0.717) is 38.8 Å². The third kappa shape index (κ3) is 5.84. The van der Waals surface area contributed by atoms with E-state index in [9.17, 15) is 0 Å². The molecule has 1 aromatic rings. The molecule has 0 amide bonds. The standard InChI is InChI=1S/C29H48FNSi2/c1-20(2)32(21(3)4,22(5)6)17-15-26-13-14-29(30)27(28(26)19-31)16-18-33(23(7)8,24(9)10)25(11)12/h13-14,20-25H,19,31H2,1-12H3. The van der Waals surface area contributed by atoms with Crippen LogP contribution in [0.4, 0.5) is 4.39 Å². The topological polar surface area (TPSA) is 26.0 Å². The number of benzene rings is 1. The summed E-state index contributed by atoms with van der Waals surface area (Å²) in [5, 5.41) is 0. The van der Waals surface area contributed by atoms with E-state index >= 15 is 4.39 Å². The first-order valence-corrected chi connectivity index (χ1v) is 17.2. The lowest BCUT2D eigenvalue weighted by Crippen LogP contribution is -2.43. The van der Waals surface area contributed by atoms with Gasteiger partial charge in [-0.25, -0.2) is 4.39 Å². The van der Waals surface area contributed by atoms with Crippen LogP contribution < -0.4 is 5.73 Å². The summed E-state index contributed by atoms with van der Waals surface area (Å²) >= 11 is 0. The fraction of sp³-hybridized carbons (Fsp3) is 0.655. The normalized spacial score (nSPS) is 12.6. The quantitative estimate of drug-likeness (QED) is 0.304. The molecule has 1 rings (SSSR count). The zero-order chi connectivity index (χ0) is 25.7. The van der Waals surface area contributed by atoms with Gasteiger partial charge in [-0.15, -0.1) is 11.1 Å². The van der Waals surface area contributed by atoms with Crippen molar-refractivity contribution in [2.75, 3.05) is 0 Å². The van der Waals surface area contributed by atoms with Crippen LogP contribution in [0, 0.1) is 28.7 Å². The summed E-state index contributed by atoms with van der Waals surface area (Å²) in [6.45, 7) is 27.7. The van der Waals surface area contributed by atoms with E-state index in [4.69, 9.17) is 5.73 Å². The Balaban J connectivity index is 3.80. The Labute approximate surface area is 206 Å². The average molecular weight is 486 g/mol. The van der Waals surface area contributed by atoms with Crippen molar-refractivity contribution >= 4 is 16.1 Å². The highest BCUT2D eigenvalue weighted by Crippen LogP contribution is 2.42. The van der Waals surface area contributed by atoms with Crippen LogP contribution in [0.2, 0.25) is 33.2 Å². The summed E-state index contributed by atoms with van der Waals surface area (Å²) in [6.07, 6.45) is 0. The van der Waals surface area contributed by atoms with Crippen molar-refractivity contribution in [2.24, 2.45) is 5.73 Å². The van der Waals surface area contributed by atoms with Crippen LogP contribution in [-0.4, -0.2) is 16.1 Å². The van der Waals surface area contributed by atoms with E-state index < -0.39 is 16.1 Å². The molecular weight excluding hydrogens is 437 g/mol. The highest BCUT2D eigenvalue weighted by atomic mass is 28.3. The average Bonchev–Trinajstić information content (AvgIpc) is 2.68. The zero-order valence-electron chi connectivity index (χ0n) is 23.3. The molecule has 0 fully saturated rings. The number of rotatable bonds is 7. The maximum atomic E-state index is 15.1. The van der Waals surface area contributed by atoms with Crippen LogP contribution in [0.5, 0.6) is 0 Å². The molecule has 33 heavy (non-hydrogen) atoms. The number of nitrogens with two attached hydrogens (primary N) is 1. The van der Waals surface area contributed by atoms with Crippen molar-refractivity contribution in [2.45, 2.75) is 123 Å². The molecule has 0 atom stereocenters. The van der Waals surface area contributed by atoms with E-state index in [1.54, 1.807) is 6.07 Å². The highest BCUT2D eigenvalue weighted by molar-refractivity contribution is 6.91. The molecule has 4 heteroatoms. The lowest BCUT2D eigenvalue weighted by atomic mass is 10.0. The molecule has 0 spiro atoms. The SMILES string of the molecule is CC(C)[Si](C#Cc1ccc(F)c(C#C[Si](C(C)C)(C(C)C)C(C)C)c1CN)(C(C)C)C(C)C. The fourth-order valence-electron chi connectivity index (χ4n) is 6.30. The molecule has 184 valence electrons. The lowest BCUT2D eigenvalue weighted by molar-refractivity contribution is 0.621. The third-order valence-electron chi connectivity index (χ3n) is 8.02. The first-order valence-electron chi connectivity index (χ1n) is 12.8. The Morgan fingerprint density at radius 1 is 0.667 bits per heavy atom. The van der Waals surface area contributed by atoms with Gasteiger partial charge in [0.15, 0.2) is 0 Å². The van der Waals surface area contributed by atoms with Crippen molar-refractivity contribution in [3.05, 3.63) is 34.6 Å². The zero-order valence-corrected chi connectivity index (χ0v) is 25.3. The van der Waals surface area contributed by atoms with Gasteiger partial charge in [-0.2, -0.15) is 0 Å². The summed E-state index contributed by atoms with van der Waals surface area (Å²) in [5.41, 5.74) is 18.8. The maximum Gasteiger partial charge on any atom is 0.146 e. The molecular formula is C29H48FNSi2. The minimum absolute atomic E-state index is 0.241. The maximum absolute atomic E-state index is 15.1. The van der Waals surface area contributed by atoms with Crippen molar-refractivity contribution in [1.82, 2.24) is 0 Å². The molecule has 1 nitrogen and oxygen atoms in total. The second kappa shape index (κ2) is 11.9. The van der Waals surface area contributed by atoms with Gasteiger partial charge >= 0.3 is 0 Å². The Bertz CT molecular complexity index is 877. The smallest absolute Gasteiger partial charge is 0.146 e. The molecule has 0 aliphatic rings. The van der Waals surface area contributed by atoms with Crippen LogP contribution in [0.3, 0.4) is 0 Å². The lowest BCUT2D eigenvalue weighted by Gasteiger charge is -2.38. The molecule has 0 saturated carbocycles. The van der Waals surface area contributed by atoms with Gasteiger partial charge in [0.1, 0.15) is 22.0 Å². The molecule has 0 aliphatic heterocycles. The molecule has 1 aromatic carbocycles. The fourth-order valence-corrected chi connectivity index (χ4v) is 16.7. The minimum atomic E-state index is -1.98. The molecule has 2 N–H and O–H groups in total. The van der Waals surface area contributed by atoms with Crippen LogP contribution in [-0.2, 0) is 6.54 Å². The molecule has 0 bridgehead atoms. The van der Waals surface area contributed by atoms with E-state index in [1.165, 1.54) is 6.07 Å². The number of hydrogen-bond acceptors (Lipinski definition) is 1. The molecule has 0 heterocycles. The van der Waals surface area contributed by atoms with Gasteiger partial charge in [0.2, 0.25) is 0 Å². The molecule has 0 aromatic heterocycles. The van der Waals surface area contributed by atoms with Crippen molar-refractivity contribution in [1.29, 1.82) is 0 Å². The van der Waals surface area contributed by atoms with Crippen molar-refractivity contribution in [3.63, 3.8) is 0 Å². The summed E-state index contributed by atoms with van der Waals surface area (Å²) in [7, 11) is -3.87. The molecule has 0 radical (unpaired) electrons. The van der Waals surface area contributed by atoms with Crippen molar-refractivity contribution in [3.8, 4) is 22.9 Å². The second-order valence-electron chi connectivity index (χ2n) is 11.4. The molecule has 0 saturated heterocycles. The predicted molar refractivity (Wildman–Crippen MR) is 150 cm³/mol. The van der Waals surface area contributed by atoms with E-state index in [2.05, 4.69) is 106 Å². The van der Waals surface area contributed by atoms with E-state index in [-0.39, 0.29) is 12.4 Å². The number of hydrogen-bond donors (Lipinski definition) is 1. The van der Waals surface area contributed by atoms with Gasteiger partial charge in [0, 0.05) is 12.1 Å². The highest BCUT2D eigenvalue weighted by Gasteiger charge is 2.42. The van der Waals surface area contributed by atoms with Gasteiger partial charge in [-0.05, 0) is 50.9 Å². The Morgan fingerprint density at radius 3 is 1.36 bits per heavy atom. The summed E-state index contributed by atoms with van der Waals surface area (Å²) in [6, 6.07) is 3.33. The molecule has 0 aliphatic carbocycles.